The molecule has 0 aliphatic carbocycles. The molecule has 1 atom stereocenters. The lowest BCUT2D eigenvalue weighted by Crippen LogP contribution is -2.41. The van der Waals surface area contributed by atoms with E-state index < -0.39 is 11.5 Å². The zero-order chi connectivity index (χ0) is 18.9. The molecule has 0 aliphatic heterocycles. The number of phenolic OH excluding ortho intramolecular Hbond substituents is 1. The van der Waals surface area contributed by atoms with E-state index in [1.54, 1.807) is 42.5 Å². The van der Waals surface area contributed by atoms with Gasteiger partial charge in [0.15, 0.2) is 5.60 Å². The first-order chi connectivity index (χ1) is 13.1. The SMILES string of the molecule is O=C(Nc1cc2ccccc2[nH]1)C(O)(c1ccccc1)c1cccc(O)c1. The minimum absolute atomic E-state index is 0.0275. The molecule has 1 amide bonds. The third-order valence-electron chi connectivity index (χ3n) is 4.56. The highest BCUT2D eigenvalue weighted by Gasteiger charge is 2.40. The summed E-state index contributed by atoms with van der Waals surface area (Å²) >= 11 is 0. The van der Waals surface area contributed by atoms with E-state index in [1.807, 2.05) is 30.3 Å². The maximum absolute atomic E-state index is 13.2. The molecule has 0 spiro atoms. The summed E-state index contributed by atoms with van der Waals surface area (Å²) < 4.78 is 0. The zero-order valence-electron chi connectivity index (χ0n) is 14.4. The van der Waals surface area contributed by atoms with Crippen LogP contribution in [0.4, 0.5) is 5.82 Å². The number of aromatic amines is 1. The average Bonchev–Trinajstić information content (AvgIpc) is 3.10. The predicted molar refractivity (Wildman–Crippen MR) is 104 cm³/mol. The summed E-state index contributed by atoms with van der Waals surface area (Å²) in [6, 6.07) is 24.2. The Hall–Kier alpha value is -3.57. The lowest BCUT2D eigenvalue weighted by Gasteiger charge is -2.28. The molecule has 1 aromatic heterocycles. The van der Waals surface area contributed by atoms with Gasteiger partial charge in [-0.15, -0.1) is 0 Å². The fourth-order valence-corrected chi connectivity index (χ4v) is 3.19. The van der Waals surface area contributed by atoms with E-state index in [9.17, 15) is 15.0 Å². The van der Waals surface area contributed by atoms with Crippen LogP contribution in [0.3, 0.4) is 0 Å². The largest absolute Gasteiger partial charge is 0.508 e. The van der Waals surface area contributed by atoms with E-state index in [-0.39, 0.29) is 11.3 Å². The topological polar surface area (TPSA) is 85.4 Å². The van der Waals surface area contributed by atoms with Crippen LogP contribution in [-0.2, 0) is 10.4 Å². The number of hydrogen-bond acceptors (Lipinski definition) is 3. The van der Waals surface area contributed by atoms with Crippen LogP contribution in [0.15, 0.2) is 84.9 Å². The van der Waals surface area contributed by atoms with Gasteiger partial charge in [-0.25, -0.2) is 0 Å². The summed E-state index contributed by atoms with van der Waals surface area (Å²) in [5.41, 5.74) is -0.392. The van der Waals surface area contributed by atoms with Crippen LogP contribution in [0.5, 0.6) is 5.75 Å². The van der Waals surface area contributed by atoms with E-state index in [0.717, 1.165) is 10.9 Å². The molecular weight excluding hydrogens is 340 g/mol. The van der Waals surface area contributed by atoms with Crippen molar-refractivity contribution in [2.75, 3.05) is 5.32 Å². The Labute approximate surface area is 155 Å². The number of hydrogen-bond donors (Lipinski definition) is 4. The third-order valence-corrected chi connectivity index (χ3v) is 4.56. The maximum Gasteiger partial charge on any atom is 0.266 e. The number of rotatable bonds is 4. The normalized spacial score (nSPS) is 13.2. The number of para-hydroxylation sites is 1. The number of fused-ring (bicyclic) bond motifs is 1. The molecule has 4 aromatic rings. The minimum Gasteiger partial charge on any atom is -0.508 e. The van der Waals surface area contributed by atoms with Crippen LogP contribution in [0.2, 0.25) is 0 Å². The molecule has 5 nitrogen and oxygen atoms in total. The van der Waals surface area contributed by atoms with Gasteiger partial charge in [-0.05, 0) is 29.8 Å². The zero-order valence-corrected chi connectivity index (χ0v) is 14.4. The fraction of sp³-hybridized carbons (Fsp3) is 0.0455. The molecule has 0 bridgehead atoms. The molecule has 0 saturated carbocycles. The van der Waals surface area contributed by atoms with Crippen molar-refractivity contribution in [2.24, 2.45) is 0 Å². The van der Waals surface area contributed by atoms with Crippen molar-refractivity contribution < 1.29 is 15.0 Å². The number of phenols is 1. The van der Waals surface area contributed by atoms with Crippen LogP contribution >= 0.6 is 0 Å². The summed E-state index contributed by atoms with van der Waals surface area (Å²) in [6.07, 6.45) is 0. The molecule has 27 heavy (non-hydrogen) atoms. The van der Waals surface area contributed by atoms with Crippen LogP contribution in [-0.4, -0.2) is 21.1 Å². The fourth-order valence-electron chi connectivity index (χ4n) is 3.19. The van der Waals surface area contributed by atoms with E-state index in [2.05, 4.69) is 10.3 Å². The lowest BCUT2D eigenvalue weighted by atomic mass is 9.85. The van der Waals surface area contributed by atoms with Gasteiger partial charge in [0.05, 0.1) is 0 Å². The van der Waals surface area contributed by atoms with Gasteiger partial charge in [0.25, 0.3) is 5.91 Å². The monoisotopic (exact) mass is 358 g/mol. The second-order valence-electron chi connectivity index (χ2n) is 6.35. The molecule has 4 N–H and O–H groups in total. The third kappa shape index (κ3) is 3.05. The number of benzene rings is 3. The predicted octanol–water partition coefficient (Wildman–Crippen LogP) is 3.75. The molecule has 0 saturated heterocycles. The van der Waals surface area contributed by atoms with Gasteiger partial charge >= 0.3 is 0 Å². The Kier molecular flexibility index (Phi) is 4.14. The number of anilines is 1. The standard InChI is InChI=1S/C22H18N2O3/c25-18-11-6-10-17(14-18)22(27,16-8-2-1-3-9-16)21(26)24-20-13-15-7-4-5-12-19(15)23-20/h1-14,23,25,27H,(H,24,26). The lowest BCUT2D eigenvalue weighted by molar-refractivity contribution is -0.131. The van der Waals surface area contributed by atoms with Crippen LogP contribution in [0, 0.1) is 0 Å². The van der Waals surface area contributed by atoms with Crippen molar-refractivity contribution in [1.82, 2.24) is 4.98 Å². The highest BCUT2D eigenvalue weighted by Crippen LogP contribution is 2.33. The number of H-pyrrole nitrogens is 1. The summed E-state index contributed by atoms with van der Waals surface area (Å²) in [7, 11) is 0. The van der Waals surface area contributed by atoms with Gasteiger partial charge in [-0.3, -0.25) is 4.79 Å². The molecule has 5 heteroatoms. The number of aromatic nitrogens is 1. The molecule has 4 rings (SSSR count). The molecule has 1 heterocycles. The smallest absolute Gasteiger partial charge is 0.266 e. The highest BCUT2D eigenvalue weighted by molar-refractivity contribution is 6.01. The van der Waals surface area contributed by atoms with Crippen LogP contribution < -0.4 is 5.32 Å². The Bertz CT molecular complexity index is 1070. The van der Waals surface area contributed by atoms with Crippen molar-refractivity contribution in [3.05, 3.63) is 96.1 Å². The van der Waals surface area contributed by atoms with Gasteiger partial charge < -0.3 is 20.5 Å². The average molecular weight is 358 g/mol. The first-order valence-corrected chi connectivity index (χ1v) is 8.54. The van der Waals surface area contributed by atoms with E-state index in [1.165, 1.54) is 12.1 Å². The second kappa shape index (κ2) is 6.63. The summed E-state index contributed by atoms with van der Waals surface area (Å²) in [5.74, 6) is -0.165. The van der Waals surface area contributed by atoms with E-state index in [4.69, 9.17) is 0 Å². The van der Waals surface area contributed by atoms with Crippen LogP contribution in [0.1, 0.15) is 11.1 Å². The Morgan fingerprint density at radius 1 is 0.852 bits per heavy atom. The summed E-state index contributed by atoms with van der Waals surface area (Å²) in [6.45, 7) is 0. The van der Waals surface area contributed by atoms with Crippen molar-refractivity contribution in [2.45, 2.75) is 5.60 Å². The first kappa shape index (κ1) is 16.9. The number of aromatic hydroxyl groups is 1. The van der Waals surface area contributed by atoms with Gasteiger partial charge in [0.2, 0.25) is 0 Å². The summed E-state index contributed by atoms with van der Waals surface area (Å²) in [4.78, 5) is 16.3. The summed E-state index contributed by atoms with van der Waals surface area (Å²) in [5, 5.41) is 25.0. The number of carbonyl (C=O) groups excluding carboxylic acids is 1. The van der Waals surface area contributed by atoms with Crippen molar-refractivity contribution in [3.8, 4) is 5.75 Å². The molecule has 0 fully saturated rings. The molecule has 1 unspecified atom stereocenters. The number of amides is 1. The van der Waals surface area contributed by atoms with Crippen molar-refractivity contribution in [1.29, 1.82) is 0 Å². The number of nitrogens with one attached hydrogen (secondary N) is 2. The van der Waals surface area contributed by atoms with E-state index >= 15 is 0 Å². The van der Waals surface area contributed by atoms with Gasteiger partial charge in [-0.1, -0.05) is 60.7 Å². The minimum atomic E-state index is -1.96. The second-order valence-corrected chi connectivity index (χ2v) is 6.35. The maximum atomic E-state index is 13.2. The van der Waals surface area contributed by atoms with Crippen molar-refractivity contribution in [3.63, 3.8) is 0 Å². The highest BCUT2D eigenvalue weighted by atomic mass is 16.3. The molecule has 0 radical (unpaired) electrons. The Morgan fingerprint density at radius 2 is 1.56 bits per heavy atom. The van der Waals surface area contributed by atoms with Crippen molar-refractivity contribution >= 4 is 22.6 Å². The molecule has 3 aromatic carbocycles. The quantitative estimate of drug-likeness (QED) is 0.448. The number of carbonyl (C=O) groups is 1. The van der Waals surface area contributed by atoms with Gasteiger partial charge in [0, 0.05) is 16.5 Å². The molecule has 0 aliphatic rings. The Balaban J connectivity index is 1.77. The van der Waals surface area contributed by atoms with E-state index in [0.29, 0.717) is 11.4 Å². The molecule has 134 valence electrons. The van der Waals surface area contributed by atoms with Crippen LogP contribution in [0.25, 0.3) is 10.9 Å². The molecular formula is C22H18N2O3. The Morgan fingerprint density at radius 3 is 2.30 bits per heavy atom. The van der Waals surface area contributed by atoms with Gasteiger partial charge in [-0.2, -0.15) is 0 Å². The van der Waals surface area contributed by atoms with Gasteiger partial charge in [0.1, 0.15) is 11.6 Å². The first-order valence-electron chi connectivity index (χ1n) is 8.54. The number of aliphatic hydroxyl groups is 1.